The van der Waals surface area contributed by atoms with E-state index in [1.54, 1.807) is 23.9 Å². The summed E-state index contributed by atoms with van der Waals surface area (Å²) in [5.41, 5.74) is 3.76. The van der Waals surface area contributed by atoms with Crippen LogP contribution in [0.1, 0.15) is 16.7 Å². The maximum Gasteiger partial charge on any atom is 0.250 e. The van der Waals surface area contributed by atoms with Crippen molar-refractivity contribution < 1.29 is 4.74 Å². The minimum atomic E-state index is -0.0841. The molecular weight excluding hydrogens is 464 g/mol. The van der Waals surface area contributed by atoms with E-state index in [4.69, 9.17) is 16.3 Å². The molecular formula is C26H23ClN6O2. The van der Waals surface area contributed by atoms with E-state index < -0.39 is 0 Å². The summed E-state index contributed by atoms with van der Waals surface area (Å²) in [5.74, 6) is 1.56. The molecule has 0 radical (unpaired) electrons. The van der Waals surface area contributed by atoms with Crippen molar-refractivity contribution >= 4 is 28.5 Å². The Bertz CT molecular complexity index is 1510. The maximum absolute atomic E-state index is 12.0. The largest absolute Gasteiger partial charge is 0.497 e. The van der Waals surface area contributed by atoms with E-state index in [-0.39, 0.29) is 5.56 Å². The Morgan fingerprint density at radius 3 is 2.34 bits per heavy atom. The smallest absolute Gasteiger partial charge is 0.250 e. The Morgan fingerprint density at radius 2 is 1.60 bits per heavy atom. The van der Waals surface area contributed by atoms with E-state index >= 15 is 0 Å². The molecule has 0 aliphatic rings. The number of anilines is 1. The summed E-state index contributed by atoms with van der Waals surface area (Å²) >= 11 is 6.02. The van der Waals surface area contributed by atoms with Crippen LogP contribution in [0.2, 0.25) is 5.02 Å². The molecule has 0 amide bonds. The normalized spacial score (nSPS) is 11.0. The second kappa shape index (κ2) is 9.99. The number of nitrogens with zero attached hydrogens (tertiary/aromatic N) is 5. The zero-order valence-electron chi connectivity index (χ0n) is 19.1. The van der Waals surface area contributed by atoms with Gasteiger partial charge in [-0.3, -0.25) is 9.48 Å². The van der Waals surface area contributed by atoms with Crippen LogP contribution >= 0.6 is 11.6 Å². The molecule has 0 aliphatic carbocycles. The van der Waals surface area contributed by atoms with Gasteiger partial charge in [0, 0.05) is 25.0 Å². The average Bonchev–Trinajstić information content (AvgIpc) is 3.29. The molecule has 3 aromatic heterocycles. The minimum Gasteiger partial charge on any atom is -0.497 e. The van der Waals surface area contributed by atoms with Gasteiger partial charge in [-0.05, 0) is 34.9 Å². The van der Waals surface area contributed by atoms with Gasteiger partial charge in [0.1, 0.15) is 17.9 Å². The molecule has 8 nitrogen and oxygen atoms in total. The van der Waals surface area contributed by atoms with Gasteiger partial charge in [-0.1, -0.05) is 48.0 Å². The first-order valence-electron chi connectivity index (χ1n) is 11.1. The first-order chi connectivity index (χ1) is 17.1. The van der Waals surface area contributed by atoms with Crippen LogP contribution in [0.15, 0.2) is 84.2 Å². The molecule has 5 aromatic rings. The minimum absolute atomic E-state index is 0.0841. The van der Waals surface area contributed by atoms with Crippen molar-refractivity contribution in [2.75, 3.05) is 12.4 Å². The van der Waals surface area contributed by atoms with Crippen LogP contribution in [0.3, 0.4) is 0 Å². The molecule has 0 fully saturated rings. The second-order valence-corrected chi connectivity index (χ2v) is 8.55. The predicted octanol–water partition coefficient (Wildman–Crippen LogP) is 4.36. The van der Waals surface area contributed by atoms with Crippen molar-refractivity contribution in [3.8, 4) is 5.75 Å². The van der Waals surface area contributed by atoms with Gasteiger partial charge >= 0.3 is 0 Å². The summed E-state index contributed by atoms with van der Waals surface area (Å²) in [5, 5.41) is 9.38. The van der Waals surface area contributed by atoms with Crippen LogP contribution in [0.25, 0.3) is 11.0 Å². The zero-order chi connectivity index (χ0) is 24.2. The zero-order valence-corrected chi connectivity index (χ0v) is 19.8. The van der Waals surface area contributed by atoms with E-state index in [0.717, 1.165) is 33.6 Å². The van der Waals surface area contributed by atoms with Crippen molar-refractivity contribution in [3.63, 3.8) is 0 Å². The van der Waals surface area contributed by atoms with Crippen LogP contribution in [0.4, 0.5) is 5.82 Å². The van der Waals surface area contributed by atoms with E-state index in [1.807, 2.05) is 59.4 Å². The highest BCUT2D eigenvalue weighted by atomic mass is 35.5. The summed E-state index contributed by atoms with van der Waals surface area (Å²) in [6.07, 6.45) is 5.11. The molecule has 176 valence electrons. The summed E-state index contributed by atoms with van der Waals surface area (Å²) in [6, 6.07) is 19.1. The molecule has 3 heterocycles. The number of ether oxygens (including phenoxy) is 1. The Morgan fingerprint density at radius 1 is 0.886 bits per heavy atom. The molecule has 0 saturated carbocycles. The van der Waals surface area contributed by atoms with E-state index in [1.165, 1.54) is 12.4 Å². The summed E-state index contributed by atoms with van der Waals surface area (Å²) < 4.78 is 8.66. The summed E-state index contributed by atoms with van der Waals surface area (Å²) in [6.45, 7) is 1.67. The first kappa shape index (κ1) is 22.6. The number of hydrogen-bond acceptors (Lipinski definition) is 6. The maximum atomic E-state index is 12.0. The standard InChI is InChI=1S/C26H23ClN6O2/c1-35-22-9-6-18(7-10-22)12-28-25-23-16-33(31-26(23)30-17-29-25)14-20-4-2-19(3-5-20)13-32-15-21(27)8-11-24(32)34/h2-11,15-17H,12-14H2,1H3,(H,28,29,30,31). The second-order valence-electron chi connectivity index (χ2n) is 8.12. The fourth-order valence-electron chi connectivity index (χ4n) is 3.79. The van der Waals surface area contributed by atoms with E-state index in [2.05, 4.69) is 20.4 Å². The third kappa shape index (κ3) is 5.33. The Kier molecular flexibility index (Phi) is 6.45. The van der Waals surface area contributed by atoms with Crippen molar-refractivity contribution in [3.05, 3.63) is 111 Å². The Labute approximate surface area is 206 Å². The lowest BCUT2D eigenvalue weighted by molar-refractivity contribution is 0.414. The third-order valence-electron chi connectivity index (χ3n) is 5.65. The fourth-order valence-corrected chi connectivity index (χ4v) is 3.98. The molecule has 0 aliphatic heterocycles. The molecule has 0 spiro atoms. The molecule has 0 bridgehead atoms. The predicted molar refractivity (Wildman–Crippen MR) is 136 cm³/mol. The molecule has 9 heteroatoms. The number of halogens is 1. The highest BCUT2D eigenvalue weighted by molar-refractivity contribution is 6.30. The van der Waals surface area contributed by atoms with Crippen molar-refractivity contribution in [2.24, 2.45) is 0 Å². The number of hydrogen-bond donors (Lipinski definition) is 1. The van der Waals surface area contributed by atoms with E-state index in [9.17, 15) is 4.79 Å². The third-order valence-corrected chi connectivity index (χ3v) is 5.87. The van der Waals surface area contributed by atoms with Gasteiger partial charge in [-0.25, -0.2) is 9.97 Å². The van der Waals surface area contributed by atoms with Crippen LogP contribution < -0.4 is 15.6 Å². The van der Waals surface area contributed by atoms with Crippen LogP contribution in [-0.4, -0.2) is 31.4 Å². The van der Waals surface area contributed by atoms with Gasteiger partial charge in [-0.2, -0.15) is 5.10 Å². The lowest BCUT2D eigenvalue weighted by Gasteiger charge is -2.08. The lowest BCUT2D eigenvalue weighted by Crippen LogP contribution is -2.18. The first-order valence-corrected chi connectivity index (χ1v) is 11.4. The molecule has 2 aromatic carbocycles. The van der Waals surface area contributed by atoms with E-state index in [0.29, 0.717) is 30.3 Å². The fraction of sp³-hybridized carbons (Fsp3) is 0.154. The molecule has 0 saturated heterocycles. The molecule has 5 rings (SSSR count). The summed E-state index contributed by atoms with van der Waals surface area (Å²) in [4.78, 5) is 20.7. The number of fused-ring (bicyclic) bond motifs is 1. The summed E-state index contributed by atoms with van der Waals surface area (Å²) in [7, 11) is 1.65. The number of methoxy groups -OCH3 is 1. The van der Waals surface area contributed by atoms with Crippen molar-refractivity contribution in [1.29, 1.82) is 0 Å². The molecule has 1 N–H and O–H groups in total. The quantitative estimate of drug-likeness (QED) is 0.350. The Hall–Kier alpha value is -4.17. The van der Waals surface area contributed by atoms with Crippen LogP contribution in [0, 0.1) is 0 Å². The number of pyridine rings is 1. The van der Waals surface area contributed by atoms with Gasteiger partial charge in [0.25, 0.3) is 5.56 Å². The van der Waals surface area contributed by atoms with Gasteiger partial charge < -0.3 is 14.6 Å². The molecule has 0 unspecified atom stereocenters. The highest BCUT2D eigenvalue weighted by Crippen LogP contribution is 2.20. The number of nitrogens with one attached hydrogen (secondary N) is 1. The average molecular weight is 487 g/mol. The monoisotopic (exact) mass is 486 g/mol. The highest BCUT2D eigenvalue weighted by Gasteiger charge is 2.09. The number of rotatable bonds is 8. The topological polar surface area (TPSA) is 86.9 Å². The SMILES string of the molecule is COc1ccc(CNc2ncnc3nn(Cc4ccc(Cn5cc(Cl)ccc5=O)cc4)cc23)cc1. The lowest BCUT2D eigenvalue weighted by atomic mass is 10.1. The van der Waals surface area contributed by atoms with Crippen molar-refractivity contribution in [1.82, 2.24) is 24.3 Å². The Balaban J connectivity index is 1.28. The molecule has 35 heavy (non-hydrogen) atoms. The number of benzene rings is 2. The van der Waals surface area contributed by atoms with Gasteiger partial charge in [0.15, 0.2) is 5.65 Å². The van der Waals surface area contributed by atoms with Crippen LogP contribution in [0.5, 0.6) is 5.75 Å². The van der Waals surface area contributed by atoms with Gasteiger partial charge in [-0.15, -0.1) is 0 Å². The molecule has 0 atom stereocenters. The van der Waals surface area contributed by atoms with Gasteiger partial charge in [0.2, 0.25) is 0 Å². The van der Waals surface area contributed by atoms with Crippen LogP contribution in [-0.2, 0) is 19.6 Å². The van der Waals surface area contributed by atoms with Crippen molar-refractivity contribution in [2.45, 2.75) is 19.6 Å². The van der Waals surface area contributed by atoms with Gasteiger partial charge in [0.05, 0.1) is 30.6 Å². The number of aromatic nitrogens is 5.